The van der Waals surface area contributed by atoms with Crippen molar-refractivity contribution in [3.8, 4) is 0 Å². The molecule has 0 saturated heterocycles. The van der Waals surface area contributed by atoms with E-state index in [2.05, 4.69) is 50.3 Å². The molecule has 0 spiro atoms. The molecule has 0 amide bonds. The minimum atomic E-state index is -1.51. The number of nitrogens with zero attached hydrogens (tertiary/aromatic N) is 1. The number of unbranched alkanes of at least 4 members (excludes halogenated alkanes) is 27. The maximum Gasteiger partial charge on any atom is 0.361 e. The molecule has 0 rings (SSSR count). The van der Waals surface area contributed by atoms with Crippen LogP contribution >= 0.6 is 0 Å². The Morgan fingerprint density at radius 1 is 0.476 bits per heavy atom. The van der Waals surface area contributed by atoms with Gasteiger partial charge in [-0.25, -0.2) is 4.79 Å². The van der Waals surface area contributed by atoms with Crippen molar-refractivity contribution in [3.63, 3.8) is 0 Å². The Labute approximate surface area is 388 Å². The molecule has 2 unspecified atom stereocenters. The Hall–Kier alpha value is -2.49. The van der Waals surface area contributed by atoms with Gasteiger partial charge in [0.1, 0.15) is 13.2 Å². The summed E-state index contributed by atoms with van der Waals surface area (Å²) in [6.07, 6.45) is 50.6. The van der Waals surface area contributed by atoms with Crippen LogP contribution in [0.15, 0.2) is 36.5 Å². The molecule has 0 aromatic heterocycles. The molecule has 0 aliphatic rings. The lowest BCUT2D eigenvalue weighted by atomic mass is 10.1. The van der Waals surface area contributed by atoms with Gasteiger partial charge >= 0.3 is 17.9 Å². The SMILES string of the molecule is CCCCC/C=C\C/C=C\CCCCCCCCCCCC(=O)OC(COC(=O)CCCCCCCCCCC/C=C\CCCCCCCC)COC(OCC[N+](C)(C)C)C(=O)O. The molecule has 63 heavy (non-hydrogen) atoms. The molecule has 0 aromatic rings. The zero-order valence-corrected chi connectivity index (χ0v) is 41.7. The minimum Gasteiger partial charge on any atom is -0.477 e. The first-order valence-electron chi connectivity index (χ1n) is 26.2. The largest absolute Gasteiger partial charge is 0.477 e. The van der Waals surface area contributed by atoms with Gasteiger partial charge in [-0.3, -0.25) is 9.59 Å². The second-order valence-electron chi connectivity index (χ2n) is 18.8. The van der Waals surface area contributed by atoms with Gasteiger partial charge in [-0.15, -0.1) is 0 Å². The molecule has 0 saturated carbocycles. The van der Waals surface area contributed by atoms with Crippen LogP contribution in [0.2, 0.25) is 0 Å². The molecule has 0 bridgehead atoms. The molecule has 0 aliphatic heterocycles. The summed E-state index contributed by atoms with van der Waals surface area (Å²) in [7, 11) is 5.96. The van der Waals surface area contributed by atoms with Gasteiger partial charge in [-0.1, -0.05) is 185 Å². The van der Waals surface area contributed by atoms with Crippen molar-refractivity contribution in [3.05, 3.63) is 36.5 Å². The van der Waals surface area contributed by atoms with E-state index in [0.717, 1.165) is 51.4 Å². The van der Waals surface area contributed by atoms with Crippen LogP contribution in [0, 0.1) is 0 Å². The molecule has 0 heterocycles. The number of aliphatic carboxylic acids is 1. The van der Waals surface area contributed by atoms with E-state index in [-0.39, 0.29) is 32.2 Å². The van der Waals surface area contributed by atoms with Gasteiger partial charge in [0.25, 0.3) is 6.29 Å². The van der Waals surface area contributed by atoms with Gasteiger partial charge in [-0.05, 0) is 70.6 Å². The van der Waals surface area contributed by atoms with Gasteiger partial charge in [0, 0.05) is 12.8 Å². The summed E-state index contributed by atoms with van der Waals surface area (Å²) in [5, 5.41) is 9.67. The zero-order valence-electron chi connectivity index (χ0n) is 41.7. The van der Waals surface area contributed by atoms with E-state index in [4.69, 9.17) is 18.9 Å². The summed E-state index contributed by atoms with van der Waals surface area (Å²) in [6, 6.07) is 0. The molecule has 1 N–H and O–H groups in total. The third-order valence-electron chi connectivity index (χ3n) is 11.4. The highest BCUT2D eigenvalue weighted by Gasteiger charge is 2.25. The lowest BCUT2D eigenvalue weighted by molar-refractivity contribution is -0.870. The lowest BCUT2D eigenvalue weighted by Crippen LogP contribution is -2.40. The highest BCUT2D eigenvalue weighted by atomic mass is 16.7. The molecule has 2 atom stereocenters. The summed E-state index contributed by atoms with van der Waals surface area (Å²) in [4.78, 5) is 37.3. The molecule has 368 valence electrons. The highest BCUT2D eigenvalue weighted by molar-refractivity contribution is 5.71. The Morgan fingerprint density at radius 3 is 1.30 bits per heavy atom. The van der Waals surface area contributed by atoms with E-state index in [1.165, 1.54) is 154 Å². The summed E-state index contributed by atoms with van der Waals surface area (Å²) < 4.78 is 22.8. The monoisotopic (exact) mass is 891 g/mol. The van der Waals surface area contributed by atoms with Crippen molar-refractivity contribution in [1.29, 1.82) is 0 Å². The van der Waals surface area contributed by atoms with Crippen molar-refractivity contribution in [2.24, 2.45) is 0 Å². The first kappa shape index (κ1) is 60.5. The number of likely N-dealkylation sites (N-methyl/N-ethyl adjacent to an activating group) is 1. The molecule has 0 aliphatic carbocycles. The number of allylic oxidation sites excluding steroid dienone is 6. The average Bonchev–Trinajstić information content (AvgIpc) is 3.24. The molecular weight excluding hydrogens is 791 g/mol. The highest BCUT2D eigenvalue weighted by Crippen LogP contribution is 2.15. The van der Waals surface area contributed by atoms with E-state index in [0.29, 0.717) is 17.4 Å². The fourth-order valence-electron chi connectivity index (χ4n) is 7.27. The fourth-order valence-corrected chi connectivity index (χ4v) is 7.27. The minimum absolute atomic E-state index is 0.183. The number of quaternary nitrogens is 1. The number of carbonyl (C=O) groups excluding carboxylic acids is 2. The van der Waals surface area contributed by atoms with Crippen LogP contribution in [0.3, 0.4) is 0 Å². The van der Waals surface area contributed by atoms with Crippen molar-refractivity contribution in [2.75, 3.05) is 47.5 Å². The van der Waals surface area contributed by atoms with Gasteiger partial charge in [0.2, 0.25) is 0 Å². The molecular formula is C54H100NO8+. The normalized spacial score (nSPS) is 13.1. The number of carboxylic acids is 1. The van der Waals surface area contributed by atoms with E-state index < -0.39 is 24.3 Å². The standard InChI is InChI=1S/C54H99NO8/c1-6-8-10-12-14-16-18-20-22-24-26-28-30-32-34-36-38-40-42-44-51(56)61-48-50(49-62-54(53(58)59)60-47-46-55(3,4)5)63-52(57)45-43-41-39-37-35-33-31-29-27-25-23-21-19-17-15-13-11-9-7-2/h15,17,20-23,50,54H,6-14,16,18-19,24-49H2,1-5H3/p+1/b17-15-,22-20-,23-21-. The first-order chi connectivity index (χ1) is 30.6. The Morgan fingerprint density at radius 2 is 0.857 bits per heavy atom. The number of ether oxygens (including phenoxy) is 4. The third kappa shape index (κ3) is 47.3. The van der Waals surface area contributed by atoms with Crippen molar-refractivity contribution in [1.82, 2.24) is 0 Å². The summed E-state index contributed by atoms with van der Waals surface area (Å²) >= 11 is 0. The van der Waals surface area contributed by atoms with Crippen molar-refractivity contribution >= 4 is 17.9 Å². The fraction of sp³-hybridized carbons (Fsp3) is 0.833. The number of esters is 2. The van der Waals surface area contributed by atoms with E-state index >= 15 is 0 Å². The quantitative estimate of drug-likeness (QED) is 0.0212. The summed E-state index contributed by atoms with van der Waals surface area (Å²) in [5.74, 6) is -2.01. The van der Waals surface area contributed by atoms with Crippen LogP contribution in [0.25, 0.3) is 0 Å². The van der Waals surface area contributed by atoms with E-state index in [1.807, 2.05) is 21.1 Å². The van der Waals surface area contributed by atoms with E-state index in [9.17, 15) is 19.5 Å². The second kappa shape index (κ2) is 46.1. The van der Waals surface area contributed by atoms with Crippen LogP contribution in [0.1, 0.15) is 232 Å². The Balaban J connectivity index is 4.33. The molecule has 0 radical (unpaired) electrons. The Bertz CT molecular complexity index is 1130. The average molecular weight is 891 g/mol. The molecule has 0 aromatic carbocycles. The van der Waals surface area contributed by atoms with E-state index in [1.54, 1.807) is 0 Å². The number of rotatable bonds is 48. The molecule has 9 nitrogen and oxygen atoms in total. The zero-order chi connectivity index (χ0) is 46.3. The molecule has 9 heteroatoms. The van der Waals surface area contributed by atoms with Crippen LogP contribution < -0.4 is 0 Å². The van der Waals surface area contributed by atoms with Crippen LogP contribution in [0.5, 0.6) is 0 Å². The number of carbonyl (C=O) groups is 3. The summed E-state index contributed by atoms with van der Waals surface area (Å²) in [6.45, 7) is 4.86. The van der Waals surface area contributed by atoms with Crippen molar-refractivity contribution in [2.45, 2.75) is 245 Å². The predicted octanol–water partition coefficient (Wildman–Crippen LogP) is 14.6. The number of carboxylic acid groups (broad SMARTS) is 1. The molecule has 0 fully saturated rings. The maximum atomic E-state index is 12.8. The first-order valence-corrected chi connectivity index (χ1v) is 26.2. The van der Waals surface area contributed by atoms with Crippen LogP contribution in [-0.2, 0) is 33.3 Å². The predicted molar refractivity (Wildman–Crippen MR) is 263 cm³/mol. The second-order valence-corrected chi connectivity index (χ2v) is 18.8. The topological polar surface area (TPSA) is 108 Å². The Kier molecular flexibility index (Phi) is 44.2. The maximum absolute atomic E-state index is 12.8. The van der Waals surface area contributed by atoms with Crippen LogP contribution in [0.4, 0.5) is 0 Å². The number of hydrogen-bond donors (Lipinski definition) is 1. The van der Waals surface area contributed by atoms with Crippen molar-refractivity contribution < 1.29 is 42.9 Å². The van der Waals surface area contributed by atoms with Crippen LogP contribution in [-0.4, -0.2) is 87.4 Å². The third-order valence-corrected chi connectivity index (χ3v) is 11.4. The number of hydrogen-bond acceptors (Lipinski definition) is 7. The summed E-state index contributed by atoms with van der Waals surface area (Å²) in [5.41, 5.74) is 0. The van der Waals surface area contributed by atoms with Gasteiger partial charge in [0.05, 0.1) is 34.4 Å². The lowest BCUT2D eigenvalue weighted by Gasteiger charge is -2.25. The van der Waals surface area contributed by atoms with Gasteiger partial charge in [-0.2, -0.15) is 0 Å². The van der Waals surface area contributed by atoms with Gasteiger partial charge in [0.15, 0.2) is 6.10 Å². The van der Waals surface area contributed by atoms with Gasteiger partial charge < -0.3 is 28.5 Å². The smallest absolute Gasteiger partial charge is 0.361 e.